The fraction of sp³-hybridized carbons (Fsp3) is 0.880. The highest BCUT2D eigenvalue weighted by Gasteiger charge is 2.38. The van der Waals surface area contributed by atoms with Gasteiger partial charge in [0.15, 0.2) is 0 Å². The van der Waals surface area contributed by atoms with Gasteiger partial charge in [-0.2, -0.15) is 11.8 Å². The number of ketones is 1. The molecule has 158 valence electrons. The molecule has 27 heavy (non-hydrogen) atoms. The minimum atomic E-state index is 0.323. The Labute approximate surface area is 174 Å². The molecule has 0 aliphatic heterocycles. The van der Waals surface area contributed by atoms with Crippen molar-refractivity contribution in [3.8, 4) is 0 Å². The number of hydrogen-bond donors (Lipinski definition) is 0. The zero-order chi connectivity index (χ0) is 20.1. The first kappa shape index (κ1) is 24.8. The number of hydrogen-bond acceptors (Lipinski definition) is 2. The van der Waals surface area contributed by atoms with Crippen molar-refractivity contribution in [2.45, 2.75) is 123 Å². The standard InChI is InChI=1S/C25H46OS/c1-6-7-8-9-10-11-12-13-14-15-19-27-23(20-22(3)26)24-21(2)17-16-18-25(24,4)5/h17,23-24H,6-16,18-20H2,1-5H3. The van der Waals surface area contributed by atoms with Gasteiger partial charge < -0.3 is 0 Å². The van der Waals surface area contributed by atoms with Crippen LogP contribution in [-0.2, 0) is 4.79 Å². The maximum absolute atomic E-state index is 11.9. The highest BCUT2D eigenvalue weighted by atomic mass is 32.2. The average molecular weight is 395 g/mol. The SMILES string of the molecule is CCCCCCCCCCCCSC(CC(C)=O)C1C(C)=CCCC1(C)C. The molecule has 0 aromatic heterocycles. The summed E-state index contributed by atoms with van der Waals surface area (Å²) in [5, 5.41) is 0.465. The minimum Gasteiger partial charge on any atom is -0.300 e. The van der Waals surface area contributed by atoms with E-state index in [1.54, 1.807) is 6.92 Å². The number of carbonyl (C=O) groups excluding carboxylic acids is 1. The molecule has 1 aliphatic carbocycles. The summed E-state index contributed by atoms with van der Waals surface area (Å²) in [5.41, 5.74) is 1.84. The second-order valence-corrected chi connectivity index (χ2v) is 10.8. The third-order valence-corrected chi connectivity index (χ3v) is 7.67. The molecule has 0 fully saturated rings. The third kappa shape index (κ3) is 10.2. The molecule has 0 aromatic rings. The highest BCUT2D eigenvalue weighted by molar-refractivity contribution is 7.99. The molecule has 1 nitrogen and oxygen atoms in total. The molecule has 1 aliphatic rings. The Morgan fingerprint density at radius 2 is 1.63 bits per heavy atom. The Kier molecular flexibility index (Phi) is 12.7. The largest absolute Gasteiger partial charge is 0.300 e. The van der Waals surface area contributed by atoms with Crippen LogP contribution in [0.15, 0.2) is 11.6 Å². The van der Waals surface area contributed by atoms with Crippen LogP contribution < -0.4 is 0 Å². The maximum atomic E-state index is 11.9. The second kappa shape index (κ2) is 13.9. The molecule has 2 unspecified atom stereocenters. The molecular formula is C25H46OS. The maximum Gasteiger partial charge on any atom is 0.130 e. The van der Waals surface area contributed by atoms with Crippen molar-refractivity contribution in [1.29, 1.82) is 0 Å². The van der Waals surface area contributed by atoms with Gasteiger partial charge in [-0.25, -0.2) is 0 Å². The molecule has 2 atom stereocenters. The van der Waals surface area contributed by atoms with Crippen molar-refractivity contribution < 1.29 is 4.79 Å². The number of allylic oxidation sites excluding steroid dienone is 2. The summed E-state index contributed by atoms with van der Waals surface area (Å²) >= 11 is 2.08. The van der Waals surface area contributed by atoms with Crippen molar-refractivity contribution in [2.24, 2.45) is 11.3 Å². The third-order valence-electron chi connectivity index (χ3n) is 6.28. The predicted octanol–water partition coefficient (Wildman–Crippen LogP) is 8.37. The first-order chi connectivity index (χ1) is 12.9. The van der Waals surface area contributed by atoms with Crippen LogP contribution in [0.5, 0.6) is 0 Å². The van der Waals surface area contributed by atoms with Gasteiger partial charge in [-0.15, -0.1) is 0 Å². The molecule has 0 heterocycles. The summed E-state index contributed by atoms with van der Waals surface area (Å²) in [4.78, 5) is 11.9. The van der Waals surface area contributed by atoms with Crippen molar-refractivity contribution in [1.82, 2.24) is 0 Å². The molecule has 0 radical (unpaired) electrons. The van der Waals surface area contributed by atoms with Gasteiger partial charge in [-0.05, 0) is 50.2 Å². The van der Waals surface area contributed by atoms with E-state index in [4.69, 9.17) is 0 Å². The van der Waals surface area contributed by atoms with Gasteiger partial charge in [0.2, 0.25) is 0 Å². The Bertz CT molecular complexity index is 438. The van der Waals surface area contributed by atoms with Crippen molar-refractivity contribution in [2.75, 3.05) is 5.75 Å². The van der Waals surface area contributed by atoms with E-state index in [0.29, 0.717) is 22.4 Å². The Morgan fingerprint density at radius 1 is 1.07 bits per heavy atom. The molecule has 0 bridgehead atoms. The monoisotopic (exact) mass is 394 g/mol. The van der Waals surface area contributed by atoms with E-state index >= 15 is 0 Å². The van der Waals surface area contributed by atoms with Gasteiger partial charge >= 0.3 is 0 Å². The van der Waals surface area contributed by atoms with Crippen LogP contribution in [0.2, 0.25) is 0 Å². The first-order valence-electron chi connectivity index (χ1n) is 11.7. The summed E-state index contributed by atoms with van der Waals surface area (Å²) < 4.78 is 0. The smallest absolute Gasteiger partial charge is 0.130 e. The quantitative estimate of drug-likeness (QED) is 0.205. The zero-order valence-electron chi connectivity index (χ0n) is 18.9. The first-order valence-corrected chi connectivity index (χ1v) is 12.7. The molecule has 0 saturated carbocycles. The minimum absolute atomic E-state index is 0.323. The molecule has 0 N–H and O–H groups in total. The van der Waals surface area contributed by atoms with E-state index in [0.717, 1.165) is 6.42 Å². The van der Waals surface area contributed by atoms with Gasteiger partial charge in [-0.1, -0.05) is 90.2 Å². The summed E-state index contributed by atoms with van der Waals surface area (Å²) in [6.07, 6.45) is 19.5. The Balaban J connectivity index is 2.28. The molecule has 1 rings (SSSR count). The van der Waals surface area contributed by atoms with Crippen LogP contribution in [0.4, 0.5) is 0 Å². The van der Waals surface area contributed by atoms with Gasteiger partial charge in [0.05, 0.1) is 0 Å². The number of thioether (sulfide) groups is 1. The van der Waals surface area contributed by atoms with Crippen LogP contribution >= 0.6 is 11.8 Å². The zero-order valence-corrected chi connectivity index (χ0v) is 19.8. The molecular weight excluding hydrogens is 348 g/mol. The summed E-state index contributed by atoms with van der Waals surface area (Å²) in [5.74, 6) is 2.13. The Morgan fingerprint density at radius 3 is 2.15 bits per heavy atom. The van der Waals surface area contributed by atoms with Gasteiger partial charge in [0.1, 0.15) is 5.78 Å². The summed E-state index contributed by atoms with van der Waals surface area (Å²) in [6.45, 7) is 11.2. The lowest BCUT2D eigenvalue weighted by Gasteiger charge is -2.43. The van der Waals surface area contributed by atoms with Crippen molar-refractivity contribution in [3.63, 3.8) is 0 Å². The summed E-state index contributed by atoms with van der Waals surface area (Å²) in [7, 11) is 0. The number of rotatable bonds is 15. The van der Waals surface area contributed by atoms with E-state index in [2.05, 4.69) is 45.5 Å². The lowest BCUT2D eigenvalue weighted by Crippen LogP contribution is -2.36. The van der Waals surface area contributed by atoms with E-state index in [9.17, 15) is 4.79 Å². The topological polar surface area (TPSA) is 17.1 Å². The summed E-state index contributed by atoms with van der Waals surface area (Å²) in [6, 6.07) is 0. The van der Waals surface area contributed by atoms with Crippen LogP contribution in [0.3, 0.4) is 0 Å². The van der Waals surface area contributed by atoms with Gasteiger partial charge in [0.25, 0.3) is 0 Å². The molecule has 0 aromatic carbocycles. The second-order valence-electron chi connectivity index (χ2n) is 9.45. The van der Waals surface area contributed by atoms with E-state index < -0.39 is 0 Å². The molecule has 0 amide bonds. The molecule has 2 heteroatoms. The lowest BCUT2D eigenvalue weighted by atomic mass is 9.66. The number of unbranched alkanes of at least 4 members (excludes halogenated alkanes) is 9. The fourth-order valence-corrected chi connectivity index (χ4v) is 6.55. The number of carbonyl (C=O) groups is 1. The fourth-order valence-electron chi connectivity index (χ4n) is 4.75. The molecule has 0 spiro atoms. The van der Waals surface area contributed by atoms with Gasteiger partial charge in [-0.3, -0.25) is 4.79 Å². The van der Waals surface area contributed by atoms with Crippen LogP contribution in [0.1, 0.15) is 118 Å². The Hall–Kier alpha value is -0.240. The van der Waals surface area contributed by atoms with Crippen molar-refractivity contribution in [3.05, 3.63) is 11.6 Å². The van der Waals surface area contributed by atoms with E-state index in [1.165, 1.54) is 88.4 Å². The highest BCUT2D eigenvalue weighted by Crippen LogP contribution is 2.47. The number of Topliss-reactive ketones (excluding diaryl/α,β-unsaturated/α-hetero) is 1. The average Bonchev–Trinajstić information content (AvgIpc) is 2.58. The van der Waals surface area contributed by atoms with Crippen LogP contribution in [0, 0.1) is 11.3 Å². The van der Waals surface area contributed by atoms with Crippen molar-refractivity contribution >= 4 is 17.5 Å². The van der Waals surface area contributed by atoms with E-state index in [-0.39, 0.29) is 0 Å². The normalized spacial score (nSPS) is 20.3. The van der Waals surface area contributed by atoms with Crippen LogP contribution in [-0.4, -0.2) is 16.8 Å². The van der Waals surface area contributed by atoms with Gasteiger partial charge in [0, 0.05) is 11.7 Å². The van der Waals surface area contributed by atoms with E-state index in [1.807, 2.05) is 0 Å². The van der Waals surface area contributed by atoms with Crippen LogP contribution in [0.25, 0.3) is 0 Å². The lowest BCUT2D eigenvalue weighted by molar-refractivity contribution is -0.117. The molecule has 0 saturated heterocycles. The predicted molar refractivity (Wildman–Crippen MR) is 124 cm³/mol.